The second kappa shape index (κ2) is 43.0. The first-order valence-corrected chi connectivity index (χ1v) is 36.1. The third-order valence-electron chi connectivity index (χ3n) is 16.9. The molecule has 0 aliphatic heterocycles. The fourth-order valence-electron chi connectivity index (χ4n) is 10.6. The van der Waals surface area contributed by atoms with E-state index >= 15 is 0 Å². The summed E-state index contributed by atoms with van der Waals surface area (Å²) >= 11 is 3.39. The van der Waals surface area contributed by atoms with Crippen LogP contribution < -0.4 is 51.4 Å². The Balaban J connectivity index is 0.000000179. The van der Waals surface area contributed by atoms with E-state index in [-0.39, 0.29) is 95.8 Å². The lowest BCUT2D eigenvalue weighted by Gasteiger charge is -2.14. The Hall–Kier alpha value is -15.0. The number of aromatic carboxylic acids is 1. The highest BCUT2D eigenvalue weighted by atomic mass is 79.9. The Bertz CT molecular complexity index is 5430. The number of rotatable bonds is 27. The number of aromatic nitrogens is 12. The molecule has 10 N–H and O–H groups in total. The summed E-state index contributed by atoms with van der Waals surface area (Å²) in [6, 6.07) is 57.7. The van der Waals surface area contributed by atoms with Gasteiger partial charge < -0.3 is 61.6 Å². The zero-order valence-electron chi connectivity index (χ0n) is 63.2. The summed E-state index contributed by atoms with van der Waals surface area (Å²) in [6.07, 6.45) is 4.62. The van der Waals surface area contributed by atoms with Gasteiger partial charge in [0.2, 0.25) is 5.82 Å². The minimum absolute atomic E-state index is 0.00490. The standard InChI is InChI=1S/C23H22N8O3.C23H21N5O3.C22H21BrN4O3.C14H13N3O4/c1-14(17-5-7-18(8-6-17)21-28-30-31-29-21)27-23(34)20-10-19(25-13-26-20)22(33)24-11-15-3-2-4-16(9-15)12-32;1-15(18-8-6-16(12-24)7-9-18)28-23(30)21-11-20(26-14-27-21)22(29)25-13-17-4-3-5-19(10-17)31-2;1-14(16-6-8-17(23)9-7-16)27-22(29)20-11-19(25-13-26-20)21(28)24-12-15-4-3-5-18(10-15)30-2;1-21-10-4-2-3-9(5-10)7-15-13(18)11-6-12(14(19)20)17-8-16-11/h2-10,13-14,32H,11-12H2,1H3,(H,24,33)(H,27,34)(H,28,29,30,31);3-11,14-15H,13H2,1-2H3,(H,25,29)(H,28,30);3-11,13-14H,12H2,1-2H3,(H,24,28)(H,27,29);2-6,8H,7H2,1H3,(H,15,18)(H,19,20)/t14-;15-;14-;/m000./s1. The van der Waals surface area contributed by atoms with E-state index in [1.807, 2.05) is 136 Å². The molecule has 33 nitrogen and oxygen atoms in total. The number of hydrogen-bond acceptors (Lipinski definition) is 24. The Kier molecular flexibility index (Phi) is 31.5. The lowest BCUT2D eigenvalue weighted by atomic mass is 10.1. The summed E-state index contributed by atoms with van der Waals surface area (Å²) in [5.74, 6) is -1.58. The van der Waals surface area contributed by atoms with Crippen LogP contribution in [0.15, 0.2) is 224 Å². The second-order valence-corrected chi connectivity index (χ2v) is 25.9. The zero-order chi connectivity index (χ0) is 82.9. The van der Waals surface area contributed by atoms with Crippen molar-refractivity contribution in [1.82, 2.24) is 97.7 Å². The summed E-state index contributed by atoms with van der Waals surface area (Å²) < 4.78 is 16.4. The lowest BCUT2D eigenvalue weighted by molar-refractivity contribution is 0.0688. The predicted molar refractivity (Wildman–Crippen MR) is 424 cm³/mol. The van der Waals surface area contributed by atoms with Gasteiger partial charge in [-0.25, -0.2) is 44.7 Å². The normalized spacial score (nSPS) is 11.1. The SMILES string of the molecule is COc1cccc(CNC(=O)c2cc(C(=O)N[C@@H](C)c3ccc(Br)cc3)ncn2)c1.COc1cccc(CNC(=O)c2cc(C(=O)N[C@@H](C)c3ccc(C#N)cc3)ncn2)c1.COc1cccc(CNC(=O)c2cc(C(=O)O)ncn2)c1.C[C@H](NC(=O)c1cc(C(=O)NCc2cccc(CO)c2)ncn1)c1ccc(-c2nn[nH]n2)cc1. The Morgan fingerprint density at radius 2 is 0.724 bits per heavy atom. The average Bonchev–Trinajstić information content (AvgIpc) is 1.00. The topological polar surface area (TPSA) is 470 Å². The van der Waals surface area contributed by atoms with Crippen LogP contribution in [0.1, 0.15) is 173 Å². The highest BCUT2D eigenvalue weighted by Gasteiger charge is 2.21. The molecule has 0 spiro atoms. The number of H-pyrrole nitrogens is 1. The molecule has 5 heterocycles. The van der Waals surface area contributed by atoms with E-state index < -0.39 is 41.4 Å². The van der Waals surface area contributed by atoms with Gasteiger partial charge in [-0.2, -0.15) is 10.5 Å². The van der Waals surface area contributed by atoms with Gasteiger partial charge in [0.15, 0.2) is 5.69 Å². The van der Waals surface area contributed by atoms with Crippen molar-refractivity contribution in [2.45, 2.75) is 71.7 Å². The molecule has 3 atom stereocenters. The van der Waals surface area contributed by atoms with E-state index in [0.29, 0.717) is 35.2 Å². The molecule has 0 radical (unpaired) electrons. The molecular formula is C82H77BrN20O13. The molecule has 0 fully saturated rings. The van der Waals surface area contributed by atoms with Crippen LogP contribution in [0, 0.1) is 11.3 Å². The van der Waals surface area contributed by atoms with E-state index in [2.05, 4.69) is 120 Å². The van der Waals surface area contributed by atoms with Crippen LogP contribution in [0.4, 0.5) is 0 Å². The third-order valence-corrected chi connectivity index (χ3v) is 17.4. The fraction of sp³-hybridized carbons (Fsp3) is 0.171. The summed E-state index contributed by atoms with van der Waals surface area (Å²) in [5, 5.41) is 60.3. The van der Waals surface area contributed by atoms with E-state index in [0.717, 1.165) is 66.9 Å². The molecule has 0 bridgehead atoms. The Morgan fingerprint density at radius 3 is 1.05 bits per heavy atom. The number of amides is 7. The molecular weight excluding hydrogens is 1550 g/mol. The number of aliphatic hydroxyl groups is 1. The van der Waals surface area contributed by atoms with Crippen molar-refractivity contribution in [3.05, 3.63) is 320 Å². The van der Waals surface area contributed by atoms with Crippen molar-refractivity contribution in [3.8, 4) is 34.7 Å². The Morgan fingerprint density at radius 1 is 0.414 bits per heavy atom. The number of carbonyl (C=O) groups is 8. The quantitative estimate of drug-likeness (QED) is 0.0229. The van der Waals surface area contributed by atoms with Gasteiger partial charge in [-0.05, 0) is 131 Å². The molecule has 0 aliphatic carbocycles. The molecule has 7 aromatic carbocycles. The maximum Gasteiger partial charge on any atom is 0.354 e. The fourth-order valence-corrected chi connectivity index (χ4v) is 10.8. The number of carbonyl (C=O) groups excluding carboxylic acids is 7. The van der Waals surface area contributed by atoms with Crippen molar-refractivity contribution in [3.63, 3.8) is 0 Å². The summed E-state index contributed by atoms with van der Waals surface area (Å²) in [7, 11) is 4.72. The summed E-state index contributed by atoms with van der Waals surface area (Å²) in [5.41, 5.74) is 8.59. The number of nitriles is 1. The molecule has 7 amide bonds. The van der Waals surface area contributed by atoms with Gasteiger partial charge in [-0.15, -0.1) is 10.2 Å². The first kappa shape index (κ1) is 85.0. The molecule has 12 rings (SSSR count). The maximum absolute atomic E-state index is 12.7. The maximum atomic E-state index is 12.7. The van der Waals surface area contributed by atoms with Gasteiger partial charge in [0.05, 0.1) is 57.7 Å². The molecule has 0 saturated carbocycles. The third kappa shape index (κ3) is 25.8. The molecule has 0 unspecified atom stereocenters. The monoisotopic (exact) mass is 1630 g/mol. The number of halogens is 1. The van der Waals surface area contributed by atoms with Crippen molar-refractivity contribution < 1.29 is 62.8 Å². The van der Waals surface area contributed by atoms with Crippen LogP contribution in [-0.2, 0) is 32.8 Å². The molecule has 116 heavy (non-hydrogen) atoms. The average molecular weight is 1630 g/mol. The van der Waals surface area contributed by atoms with E-state index in [1.165, 1.54) is 37.2 Å². The number of carboxylic acid groups (broad SMARTS) is 1. The van der Waals surface area contributed by atoms with Crippen molar-refractivity contribution in [2.24, 2.45) is 0 Å². The molecule has 0 saturated heterocycles. The first-order valence-electron chi connectivity index (χ1n) is 35.3. The van der Waals surface area contributed by atoms with E-state index in [9.17, 15) is 43.5 Å². The number of ether oxygens (including phenoxy) is 3. The van der Waals surface area contributed by atoms with Crippen LogP contribution in [0.5, 0.6) is 17.2 Å². The van der Waals surface area contributed by atoms with Gasteiger partial charge in [-0.3, -0.25) is 33.6 Å². The number of methoxy groups -OCH3 is 3. The number of hydrogen-bond donors (Lipinski definition) is 10. The van der Waals surface area contributed by atoms with Gasteiger partial charge in [0.1, 0.15) is 82.4 Å². The molecule has 34 heteroatoms. The molecule has 590 valence electrons. The molecule has 0 aliphatic rings. The number of aromatic amines is 1. The number of tetrazole rings is 1. The first-order chi connectivity index (χ1) is 56.1. The molecule has 5 aromatic heterocycles. The Labute approximate surface area is 672 Å². The number of aliphatic hydroxyl groups excluding tert-OH is 1. The number of nitrogens with one attached hydrogen (secondary N) is 8. The second-order valence-electron chi connectivity index (χ2n) is 25.0. The van der Waals surface area contributed by atoms with Crippen LogP contribution in [0.2, 0.25) is 0 Å². The van der Waals surface area contributed by atoms with Crippen LogP contribution >= 0.6 is 15.9 Å². The smallest absolute Gasteiger partial charge is 0.354 e. The number of nitrogens with zero attached hydrogens (tertiary/aromatic N) is 12. The number of carboxylic acids is 1. The highest BCUT2D eigenvalue weighted by molar-refractivity contribution is 9.10. The van der Waals surface area contributed by atoms with Gasteiger partial charge in [0, 0.05) is 60.5 Å². The van der Waals surface area contributed by atoms with Crippen molar-refractivity contribution in [2.75, 3.05) is 21.3 Å². The van der Waals surface area contributed by atoms with Crippen molar-refractivity contribution >= 4 is 63.2 Å². The van der Waals surface area contributed by atoms with Crippen LogP contribution in [-0.4, -0.2) is 139 Å². The van der Waals surface area contributed by atoms with Gasteiger partial charge in [0.25, 0.3) is 41.4 Å². The van der Waals surface area contributed by atoms with Crippen LogP contribution in [0.3, 0.4) is 0 Å². The largest absolute Gasteiger partial charge is 0.497 e. The number of benzene rings is 7. The highest BCUT2D eigenvalue weighted by Crippen LogP contribution is 2.22. The van der Waals surface area contributed by atoms with E-state index in [1.54, 1.807) is 75.9 Å². The summed E-state index contributed by atoms with van der Waals surface area (Å²) in [4.78, 5) is 129. The summed E-state index contributed by atoms with van der Waals surface area (Å²) in [6.45, 7) is 6.60. The predicted octanol–water partition coefficient (Wildman–Crippen LogP) is 9.13. The van der Waals surface area contributed by atoms with Gasteiger partial charge >= 0.3 is 5.97 Å². The lowest BCUT2D eigenvalue weighted by Crippen LogP contribution is -2.29. The van der Waals surface area contributed by atoms with Gasteiger partial charge in [-0.1, -0.05) is 125 Å². The molecule has 12 aromatic rings. The zero-order valence-corrected chi connectivity index (χ0v) is 64.8. The minimum atomic E-state index is -1.21. The van der Waals surface area contributed by atoms with E-state index in [4.69, 9.17) is 24.6 Å². The minimum Gasteiger partial charge on any atom is -0.497 e. The van der Waals surface area contributed by atoms with Crippen molar-refractivity contribution in [1.29, 1.82) is 5.26 Å². The van der Waals surface area contributed by atoms with Crippen LogP contribution in [0.25, 0.3) is 11.4 Å².